The maximum absolute atomic E-state index is 11.8. The Hall–Kier alpha value is -1.05. The first-order valence-electron chi connectivity index (χ1n) is 6.55. The number of nitrogens with two attached hydrogens (primary N) is 1. The zero-order valence-electron chi connectivity index (χ0n) is 12.1. The summed E-state index contributed by atoms with van der Waals surface area (Å²) in [5, 5.41) is 9.52. The van der Waals surface area contributed by atoms with Crippen molar-refractivity contribution in [2.24, 2.45) is 5.73 Å². The molecule has 110 valence electrons. The van der Waals surface area contributed by atoms with Gasteiger partial charge in [0.25, 0.3) is 0 Å². The molecule has 0 saturated heterocycles. The van der Waals surface area contributed by atoms with Crippen LogP contribution >= 0.6 is 23.1 Å². The Balaban J connectivity index is 2.35. The lowest BCUT2D eigenvalue weighted by Gasteiger charge is -2.20. The lowest BCUT2D eigenvalue weighted by Crippen LogP contribution is -2.24. The Morgan fingerprint density at radius 3 is 2.65 bits per heavy atom. The van der Waals surface area contributed by atoms with Crippen LogP contribution in [0.25, 0.3) is 0 Å². The van der Waals surface area contributed by atoms with Gasteiger partial charge in [0.1, 0.15) is 0 Å². The number of hydrogen-bond donors (Lipinski definition) is 2. The van der Waals surface area contributed by atoms with Crippen LogP contribution in [0.15, 0.2) is 21.4 Å². The van der Waals surface area contributed by atoms with Crippen molar-refractivity contribution in [3.8, 4) is 0 Å². The van der Waals surface area contributed by atoms with E-state index in [0.717, 1.165) is 0 Å². The van der Waals surface area contributed by atoms with Crippen molar-refractivity contribution in [1.82, 2.24) is 14.8 Å². The summed E-state index contributed by atoms with van der Waals surface area (Å²) < 4.78 is 1.67. The van der Waals surface area contributed by atoms with E-state index in [0.29, 0.717) is 5.16 Å². The number of nitrogens with one attached hydrogen (secondary N) is 1. The lowest BCUT2D eigenvalue weighted by atomic mass is 10.1. The Morgan fingerprint density at radius 2 is 2.15 bits per heavy atom. The number of aromatic nitrogens is 3. The molecule has 20 heavy (non-hydrogen) atoms. The molecule has 0 spiro atoms. The number of thiophene rings is 1. The highest BCUT2D eigenvalue weighted by Gasteiger charge is 2.24. The summed E-state index contributed by atoms with van der Waals surface area (Å²) in [6.45, 7) is 8.01. The topological polar surface area (TPSA) is 76.7 Å². The van der Waals surface area contributed by atoms with E-state index in [2.05, 4.69) is 28.6 Å². The minimum absolute atomic E-state index is 0.0234. The van der Waals surface area contributed by atoms with Gasteiger partial charge in [0.05, 0.1) is 5.25 Å². The van der Waals surface area contributed by atoms with Crippen molar-refractivity contribution >= 4 is 23.1 Å². The van der Waals surface area contributed by atoms with Gasteiger partial charge in [-0.25, -0.2) is 9.89 Å². The summed E-state index contributed by atoms with van der Waals surface area (Å²) in [5.41, 5.74) is 7.20. The maximum atomic E-state index is 11.8. The normalized spacial score (nSPS) is 14.7. The Bertz CT molecular complexity index is 626. The van der Waals surface area contributed by atoms with E-state index >= 15 is 0 Å². The second kappa shape index (κ2) is 6.15. The highest BCUT2D eigenvalue weighted by atomic mass is 32.2. The quantitative estimate of drug-likeness (QED) is 0.832. The molecule has 3 N–H and O–H groups in total. The van der Waals surface area contributed by atoms with Crippen molar-refractivity contribution in [3.63, 3.8) is 0 Å². The lowest BCUT2D eigenvalue weighted by molar-refractivity contribution is 0.532. The van der Waals surface area contributed by atoms with Gasteiger partial charge < -0.3 is 5.73 Å². The molecule has 2 unspecified atom stereocenters. The zero-order chi connectivity index (χ0) is 14.9. The van der Waals surface area contributed by atoms with Crippen LogP contribution in [0.3, 0.4) is 0 Å². The molecule has 0 radical (unpaired) electrons. The second-order valence-electron chi connectivity index (χ2n) is 5.14. The minimum Gasteiger partial charge on any atom is -0.327 e. The van der Waals surface area contributed by atoms with Crippen LogP contribution < -0.4 is 11.4 Å². The smallest absolute Gasteiger partial charge is 0.327 e. The zero-order valence-corrected chi connectivity index (χ0v) is 13.7. The Labute approximate surface area is 126 Å². The molecule has 0 aliphatic heterocycles. The first-order valence-corrected chi connectivity index (χ1v) is 8.31. The summed E-state index contributed by atoms with van der Waals surface area (Å²) in [4.78, 5) is 13.0. The molecule has 2 rings (SSSR count). The highest BCUT2D eigenvalue weighted by molar-refractivity contribution is 7.99. The van der Waals surface area contributed by atoms with Crippen molar-refractivity contribution in [2.45, 2.75) is 50.2 Å². The average molecular weight is 312 g/mol. The number of H-pyrrole nitrogens is 1. The minimum atomic E-state index is -0.172. The van der Waals surface area contributed by atoms with Gasteiger partial charge in [-0.15, -0.1) is 16.4 Å². The van der Waals surface area contributed by atoms with Crippen molar-refractivity contribution in [1.29, 1.82) is 0 Å². The molecule has 0 saturated carbocycles. The van der Waals surface area contributed by atoms with Gasteiger partial charge in [0, 0.05) is 17.0 Å². The van der Waals surface area contributed by atoms with Crippen molar-refractivity contribution < 1.29 is 0 Å². The SMILES string of the molecule is Cc1ccsc1C(Sc1n[nH]c(=O)n1C(C)C)C(C)N. The van der Waals surface area contributed by atoms with Gasteiger partial charge in [-0.1, -0.05) is 11.8 Å². The van der Waals surface area contributed by atoms with Gasteiger partial charge in [0.15, 0.2) is 5.16 Å². The van der Waals surface area contributed by atoms with Crippen LogP contribution in [-0.4, -0.2) is 20.8 Å². The first-order chi connectivity index (χ1) is 9.41. The summed E-state index contributed by atoms with van der Waals surface area (Å²) in [6, 6.07) is 2.14. The Morgan fingerprint density at radius 1 is 1.45 bits per heavy atom. The molecule has 2 aromatic heterocycles. The summed E-state index contributed by atoms with van der Waals surface area (Å²) in [7, 11) is 0. The van der Waals surface area contributed by atoms with Crippen LogP contribution in [0.2, 0.25) is 0 Å². The molecule has 0 amide bonds. The predicted molar refractivity (Wildman–Crippen MR) is 84.5 cm³/mol. The van der Waals surface area contributed by atoms with Gasteiger partial charge in [-0.3, -0.25) is 4.57 Å². The highest BCUT2D eigenvalue weighted by Crippen LogP contribution is 2.40. The number of aromatic amines is 1. The molecule has 5 nitrogen and oxygen atoms in total. The number of nitrogens with zero attached hydrogens (tertiary/aromatic N) is 2. The monoisotopic (exact) mass is 312 g/mol. The van der Waals surface area contributed by atoms with E-state index in [1.807, 2.05) is 20.8 Å². The van der Waals surface area contributed by atoms with E-state index in [9.17, 15) is 4.79 Å². The second-order valence-corrected chi connectivity index (χ2v) is 7.20. The van der Waals surface area contributed by atoms with Gasteiger partial charge in [-0.05, 0) is 44.7 Å². The molecule has 0 aliphatic carbocycles. The van der Waals surface area contributed by atoms with Crippen LogP contribution in [0.4, 0.5) is 0 Å². The van der Waals surface area contributed by atoms with E-state index < -0.39 is 0 Å². The third-order valence-corrected chi connectivity index (χ3v) is 5.73. The molecular weight excluding hydrogens is 292 g/mol. The molecule has 0 fully saturated rings. The third kappa shape index (κ3) is 2.99. The number of thioether (sulfide) groups is 1. The van der Waals surface area contributed by atoms with Crippen molar-refractivity contribution in [2.75, 3.05) is 0 Å². The van der Waals surface area contributed by atoms with Crippen LogP contribution in [0.5, 0.6) is 0 Å². The molecule has 0 bridgehead atoms. The van der Waals surface area contributed by atoms with Crippen molar-refractivity contribution in [3.05, 3.63) is 32.4 Å². The maximum Gasteiger partial charge on any atom is 0.344 e. The number of hydrogen-bond acceptors (Lipinski definition) is 5. The van der Waals surface area contributed by atoms with Crippen LogP contribution in [0, 0.1) is 6.92 Å². The predicted octanol–water partition coefficient (Wildman–Crippen LogP) is 2.70. The summed E-state index contributed by atoms with van der Waals surface area (Å²) in [5.74, 6) is 0. The Kier molecular flexibility index (Phi) is 4.72. The molecule has 7 heteroatoms. The first kappa shape index (κ1) is 15.3. The molecule has 2 heterocycles. The number of aryl methyl sites for hydroxylation is 1. The fourth-order valence-corrected chi connectivity index (χ4v) is 4.59. The van der Waals surface area contributed by atoms with E-state index in [1.54, 1.807) is 27.7 Å². The standard InChI is InChI=1S/C13H20N4OS2/c1-7(2)17-12(18)15-16-13(17)20-11(9(4)14)10-8(3)5-6-19-10/h5-7,9,11H,14H2,1-4H3,(H,15,18). The van der Waals surface area contributed by atoms with Crippen LogP contribution in [0.1, 0.15) is 42.5 Å². The van der Waals surface area contributed by atoms with Gasteiger partial charge in [-0.2, -0.15) is 0 Å². The van der Waals surface area contributed by atoms with E-state index in [1.165, 1.54) is 10.4 Å². The number of rotatable bonds is 5. The summed E-state index contributed by atoms with van der Waals surface area (Å²) >= 11 is 3.25. The van der Waals surface area contributed by atoms with Gasteiger partial charge >= 0.3 is 5.69 Å². The molecular formula is C13H20N4OS2. The van der Waals surface area contributed by atoms with Crippen LogP contribution in [-0.2, 0) is 0 Å². The van der Waals surface area contributed by atoms with E-state index in [-0.39, 0.29) is 23.0 Å². The summed E-state index contributed by atoms with van der Waals surface area (Å²) in [6.07, 6.45) is 0. The average Bonchev–Trinajstić information content (AvgIpc) is 2.92. The largest absolute Gasteiger partial charge is 0.344 e. The fourth-order valence-electron chi connectivity index (χ4n) is 2.02. The van der Waals surface area contributed by atoms with E-state index in [4.69, 9.17) is 5.73 Å². The third-order valence-electron chi connectivity index (χ3n) is 3.06. The molecule has 2 aromatic rings. The molecule has 2 atom stereocenters. The molecule has 0 aromatic carbocycles. The fraction of sp³-hybridized carbons (Fsp3) is 0.538. The van der Waals surface area contributed by atoms with Gasteiger partial charge in [0.2, 0.25) is 0 Å². The molecule has 0 aliphatic rings.